The number of benzene rings is 2. The number of nitrogens with zero attached hydrogens (tertiary/aromatic N) is 1. The lowest BCUT2D eigenvalue weighted by Crippen LogP contribution is -2.38. The smallest absolute Gasteiger partial charge is 0.325 e. The number of carbonyl (C=O) groups is 3. The number of urea groups is 1. The molecular formula is C24H26N4O3. The van der Waals surface area contributed by atoms with Gasteiger partial charge in [0, 0.05) is 29.2 Å². The molecule has 1 saturated heterocycles. The zero-order valence-corrected chi connectivity index (χ0v) is 17.7. The van der Waals surface area contributed by atoms with Crippen LogP contribution in [0.4, 0.5) is 10.5 Å². The molecule has 0 saturated carbocycles. The number of imide groups is 1. The van der Waals surface area contributed by atoms with Crippen molar-refractivity contribution in [2.75, 3.05) is 11.9 Å². The fraction of sp³-hybridized carbons (Fsp3) is 0.292. The quantitative estimate of drug-likeness (QED) is 0.513. The van der Waals surface area contributed by atoms with Crippen LogP contribution in [0.25, 0.3) is 10.9 Å². The molecule has 3 N–H and O–H groups in total. The molecule has 7 heteroatoms. The van der Waals surface area contributed by atoms with Crippen molar-refractivity contribution in [1.82, 2.24) is 15.2 Å². The van der Waals surface area contributed by atoms with Gasteiger partial charge < -0.3 is 15.6 Å². The van der Waals surface area contributed by atoms with Gasteiger partial charge in [0.25, 0.3) is 5.91 Å². The highest BCUT2D eigenvalue weighted by molar-refractivity contribution is 6.08. The monoisotopic (exact) mass is 418 g/mol. The van der Waals surface area contributed by atoms with E-state index in [0.717, 1.165) is 51.0 Å². The molecule has 4 rings (SSSR count). The van der Waals surface area contributed by atoms with E-state index in [1.54, 1.807) is 0 Å². The summed E-state index contributed by atoms with van der Waals surface area (Å²) < 4.78 is 0. The molecule has 1 aliphatic rings. The molecule has 0 unspecified atom stereocenters. The predicted octanol–water partition coefficient (Wildman–Crippen LogP) is 3.39. The standard InChI is InChI=1S/C24H26N4O3/c1-3-15-8-7-9-16(4-2)22(15)27-21(29)14-28-23(30)20(26-24(28)31)12-17-13-25-19-11-6-5-10-18(17)19/h5-11,13,20,25H,3-4,12,14H2,1-2H3,(H,26,31)(H,27,29)/t20-/m0/s1. The second kappa shape index (κ2) is 8.63. The second-order valence-electron chi connectivity index (χ2n) is 7.70. The summed E-state index contributed by atoms with van der Waals surface area (Å²) in [7, 11) is 0. The van der Waals surface area contributed by atoms with Crippen molar-refractivity contribution < 1.29 is 14.4 Å². The van der Waals surface area contributed by atoms with Crippen molar-refractivity contribution in [2.45, 2.75) is 39.2 Å². The molecular weight excluding hydrogens is 392 g/mol. The lowest BCUT2D eigenvalue weighted by Gasteiger charge is -2.17. The number of para-hydroxylation sites is 2. The molecule has 0 aliphatic carbocycles. The highest BCUT2D eigenvalue weighted by Crippen LogP contribution is 2.23. The van der Waals surface area contributed by atoms with Crippen molar-refractivity contribution in [2.24, 2.45) is 0 Å². The number of rotatable bonds is 7. The van der Waals surface area contributed by atoms with Crippen molar-refractivity contribution >= 4 is 34.4 Å². The van der Waals surface area contributed by atoms with Gasteiger partial charge in [-0.1, -0.05) is 50.2 Å². The number of aromatic amines is 1. The first-order chi connectivity index (χ1) is 15.0. The summed E-state index contributed by atoms with van der Waals surface area (Å²) in [5.74, 6) is -0.767. The molecule has 31 heavy (non-hydrogen) atoms. The first-order valence-electron chi connectivity index (χ1n) is 10.6. The Morgan fingerprint density at radius 2 is 1.71 bits per heavy atom. The number of H-pyrrole nitrogens is 1. The van der Waals surface area contributed by atoms with Gasteiger partial charge >= 0.3 is 6.03 Å². The first-order valence-corrected chi connectivity index (χ1v) is 10.6. The van der Waals surface area contributed by atoms with Gasteiger partial charge in [-0.15, -0.1) is 0 Å². The van der Waals surface area contributed by atoms with Gasteiger partial charge in [-0.3, -0.25) is 14.5 Å². The second-order valence-corrected chi connectivity index (χ2v) is 7.70. The summed E-state index contributed by atoms with van der Waals surface area (Å²) in [5.41, 5.74) is 4.76. The molecule has 1 aliphatic heterocycles. The molecule has 1 fully saturated rings. The van der Waals surface area contributed by atoms with Gasteiger partial charge in [-0.05, 0) is 35.6 Å². The van der Waals surface area contributed by atoms with Crippen molar-refractivity contribution in [1.29, 1.82) is 0 Å². The normalized spacial score (nSPS) is 16.1. The zero-order valence-electron chi connectivity index (χ0n) is 17.7. The first kappa shape index (κ1) is 20.7. The predicted molar refractivity (Wildman–Crippen MR) is 120 cm³/mol. The number of nitrogens with one attached hydrogen (secondary N) is 3. The fourth-order valence-corrected chi connectivity index (χ4v) is 4.11. The maximum atomic E-state index is 12.9. The Hall–Kier alpha value is -3.61. The molecule has 0 bridgehead atoms. The highest BCUT2D eigenvalue weighted by atomic mass is 16.2. The van der Waals surface area contributed by atoms with Gasteiger partial charge in [0.2, 0.25) is 5.91 Å². The molecule has 0 spiro atoms. The zero-order chi connectivity index (χ0) is 22.0. The maximum absolute atomic E-state index is 12.9. The molecule has 1 aromatic heterocycles. The summed E-state index contributed by atoms with van der Waals surface area (Å²) in [5, 5.41) is 6.65. The Bertz CT molecular complexity index is 1130. The van der Waals surface area contributed by atoms with Crippen LogP contribution in [0, 0.1) is 0 Å². The van der Waals surface area contributed by atoms with E-state index < -0.39 is 12.1 Å². The van der Waals surface area contributed by atoms with E-state index in [-0.39, 0.29) is 18.4 Å². The van der Waals surface area contributed by atoms with Gasteiger partial charge in [0.15, 0.2) is 0 Å². The Morgan fingerprint density at radius 1 is 1.00 bits per heavy atom. The van der Waals surface area contributed by atoms with E-state index in [4.69, 9.17) is 0 Å². The summed E-state index contributed by atoms with van der Waals surface area (Å²) in [4.78, 5) is 42.2. The number of hydrogen-bond donors (Lipinski definition) is 3. The van der Waals surface area contributed by atoms with Gasteiger partial charge in [0.1, 0.15) is 12.6 Å². The van der Waals surface area contributed by atoms with Crippen molar-refractivity contribution in [3.05, 3.63) is 65.4 Å². The molecule has 4 amide bonds. The third-order valence-corrected chi connectivity index (χ3v) is 5.77. The third-order valence-electron chi connectivity index (χ3n) is 5.77. The van der Waals surface area contributed by atoms with Crippen LogP contribution in [-0.2, 0) is 28.9 Å². The van der Waals surface area contributed by atoms with E-state index in [0.29, 0.717) is 6.42 Å². The van der Waals surface area contributed by atoms with Crippen LogP contribution < -0.4 is 10.6 Å². The fourth-order valence-electron chi connectivity index (χ4n) is 4.11. The summed E-state index contributed by atoms with van der Waals surface area (Å²) >= 11 is 0. The molecule has 160 valence electrons. The molecule has 1 atom stereocenters. The molecule has 7 nitrogen and oxygen atoms in total. The van der Waals surface area contributed by atoms with Crippen LogP contribution in [0.5, 0.6) is 0 Å². The maximum Gasteiger partial charge on any atom is 0.325 e. The Labute approximate surface area is 180 Å². The van der Waals surface area contributed by atoms with Crippen LogP contribution in [-0.4, -0.2) is 40.3 Å². The number of aromatic nitrogens is 1. The van der Waals surface area contributed by atoms with Crippen LogP contribution >= 0.6 is 0 Å². The molecule has 0 radical (unpaired) electrons. The van der Waals surface area contributed by atoms with Crippen LogP contribution in [0.3, 0.4) is 0 Å². The number of anilines is 1. The van der Waals surface area contributed by atoms with Gasteiger partial charge in [-0.2, -0.15) is 0 Å². The number of carbonyl (C=O) groups excluding carboxylic acids is 3. The Kier molecular flexibility index (Phi) is 5.75. The summed E-state index contributed by atoms with van der Waals surface area (Å²) in [6, 6.07) is 12.5. The minimum atomic E-state index is -0.686. The largest absolute Gasteiger partial charge is 0.361 e. The minimum absolute atomic E-state index is 0.309. The average molecular weight is 418 g/mol. The topological polar surface area (TPSA) is 94.3 Å². The van der Waals surface area contributed by atoms with Crippen LogP contribution in [0.15, 0.2) is 48.7 Å². The van der Waals surface area contributed by atoms with E-state index >= 15 is 0 Å². The minimum Gasteiger partial charge on any atom is -0.361 e. The summed E-state index contributed by atoms with van der Waals surface area (Å²) in [6.45, 7) is 3.74. The van der Waals surface area contributed by atoms with E-state index in [9.17, 15) is 14.4 Å². The van der Waals surface area contributed by atoms with E-state index in [1.807, 2.05) is 62.5 Å². The van der Waals surface area contributed by atoms with Gasteiger partial charge in [-0.25, -0.2) is 4.79 Å². The Morgan fingerprint density at radius 3 is 2.42 bits per heavy atom. The van der Waals surface area contributed by atoms with Crippen LogP contribution in [0.2, 0.25) is 0 Å². The molecule has 3 aromatic rings. The van der Waals surface area contributed by atoms with E-state index in [1.165, 1.54) is 0 Å². The number of amides is 4. The number of aryl methyl sites for hydroxylation is 2. The molecule has 2 aromatic carbocycles. The molecule has 2 heterocycles. The lowest BCUT2D eigenvalue weighted by molar-refractivity contribution is -0.130. The third kappa shape index (κ3) is 4.03. The Balaban J connectivity index is 1.45. The number of fused-ring (bicyclic) bond motifs is 1. The lowest BCUT2D eigenvalue weighted by atomic mass is 10.0. The van der Waals surface area contributed by atoms with Crippen LogP contribution in [0.1, 0.15) is 30.5 Å². The van der Waals surface area contributed by atoms with Gasteiger partial charge in [0.05, 0.1) is 0 Å². The summed E-state index contributed by atoms with van der Waals surface area (Å²) in [6.07, 6.45) is 3.78. The van der Waals surface area contributed by atoms with Crippen molar-refractivity contribution in [3.8, 4) is 0 Å². The average Bonchev–Trinajstić information content (AvgIpc) is 3.30. The van der Waals surface area contributed by atoms with E-state index in [2.05, 4.69) is 15.6 Å². The highest BCUT2D eigenvalue weighted by Gasteiger charge is 2.39. The number of hydrogen-bond acceptors (Lipinski definition) is 3. The van der Waals surface area contributed by atoms with Crippen molar-refractivity contribution in [3.63, 3.8) is 0 Å². The SMILES string of the molecule is CCc1cccc(CC)c1NC(=O)CN1C(=O)N[C@@H](Cc2c[nH]c3ccccc23)C1=O.